The van der Waals surface area contributed by atoms with Crippen molar-refractivity contribution in [2.45, 2.75) is 49.4 Å². The molecule has 0 amide bonds. The number of imidazole rings is 1. The van der Waals surface area contributed by atoms with Gasteiger partial charge in [-0.1, -0.05) is 0 Å². The topological polar surface area (TPSA) is 63.2 Å². The molecular formula is C25H30F4N6. The fraction of sp³-hybridized carbons (Fsp3) is 0.680. The summed E-state index contributed by atoms with van der Waals surface area (Å²) in [6, 6.07) is 1.67. The summed E-state index contributed by atoms with van der Waals surface area (Å²) in [4.78, 5) is 13.5. The molecule has 0 spiro atoms. The Morgan fingerprint density at radius 1 is 1.09 bits per heavy atom. The number of hydrogen-bond acceptors (Lipinski definition) is 5. The number of nitrogens with zero attached hydrogens (tertiary/aromatic N) is 5. The van der Waals surface area contributed by atoms with E-state index in [1.807, 2.05) is 6.20 Å². The number of rotatable bonds is 6. The van der Waals surface area contributed by atoms with Crippen molar-refractivity contribution in [3.05, 3.63) is 29.8 Å². The summed E-state index contributed by atoms with van der Waals surface area (Å²) < 4.78 is 55.3. The van der Waals surface area contributed by atoms with Crippen LogP contribution in [-0.2, 0) is 11.7 Å². The highest BCUT2D eigenvalue weighted by Gasteiger charge is 2.89. The zero-order valence-electron chi connectivity index (χ0n) is 19.5. The first-order valence-electron chi connectivity index (χ1n) is 12.8. The highest BCUT2D eigenvalue weighted by molar-refractivity contribution is 5.63. The monoisotopic (exact) mass is 490 g/mol. The van der Waals surface area contributed by atoms with Crippen molar-refractivity contribution in [3.8, 4) is 11.3 Å². The summed E-state index contributed by atoms with van der Waals surface area (Å²) in [5, 5.41) is 0. The molecule has 6 fully saturated rings. The minimum atomic E-state index is -4.55. The first-order valence-corrected chi connectivity index (χ1v) is 12.8. The number of anilines is 1. The molecule has 3 heterocycles. The summed E-state index contributed by atoms with van der Waals surface area (Å²) in [7, 11) is 0. The summed E-state index contributed by atoms with van der Waals surface area (Å²) in [5.41, 5.74) is 5.67. The second-order valence-electron chi connectivity index (χ2n) is 11.1. The van der Waals surface area contributed by atoms with Crippen LogP contribution in [-0.4, -0.2) is 69.8 Å². The predicted molar refractivity (Wildman–Crippen MR) is 122 cm³/mol. The van der Waals surface area contributed by atoms with Gasteiger partial charge in [0.1, 0.15) is 18.3 Å². The van der Waals surface area contributed by atoms with Crippen LogP contribution < -0.4 is 5.73 Å². The number of fused-ring (bicyclic) bond motifs is 2. The standard InChI is InChI=1S/C25H30F4N6/c26-3-4-33-5-7-34(8-6-33)16-10-17-21-18(11-16)24(17,21)35-13-20(32-23(35)14-1-2-14)15-9-19(25(27,28)29)22(30)31-12-15/h9,12-14,16-18,21H,1-8,10-11H2,(H2,30,31)/t16?,17-,18?,21?,24?/m1/s1. The van der Waals surface area contributed by atoms with Gasteiger partial charge in [-0.2, -0.15) is 13.2 Å². The van der Waals surface area contributed by atoms with Crippen molar-refractivity contribution in [1.29, 1.82) is 0 Å². The average molecular weight is 491 g/mol. The molecule has 6 nitrogen and oxygen atoms in total. The number of nitrogens with two attached hydrogens (primary N) is 1. The number of piperazine rings is 1. The molecule has 5 atom stereocenters. The van der Waals surface area contributed by atoms with Gasteiger partial charge in [-0.05, 0) is 49.5 Å². The molecule has 6 aliphatic rings. The van der Waals surface area contributed by atoms with Gasteiger partial charge in [0, 0.05) is 62.6 Å². The third kappa shape index (κ3) is 3.28. The van der Waals surface area contributed by atoms with E-state index in [1.165, 1.54) is 19.0 Å². The zero-order valence-corrected chi connectivity index (χ0v) is 19.5. The number of halogens is 4. The van der Waals surface area contributed by atoms with E-state index >= 15 is 0 Å². The van der Waals surface area contributed by atoms with Gasteiger partial charge in [0.25, 0.3) is 0 Å². The first-order chi connectivity index (χ1) is 16.8. The lowest BCUT2D eigenvalue weighted by atomic mass is 9.81. The van der Waals surface area contributed by atoms with Gasteiger partial charge >= 0.3 is 6.18 Å². The SMILES string of the molecule is Nc1ncc(-c2cn(C34C5CC(N6CCN(CCF)CC6)C[C@@H]3C54)c(C3CC3)n2)cc1C(F)(F)F. The molecule has 8 rings (SSSR count). The molecule has 5 aliphatic carbocycles. The lowest BCUT2D eigenvalue weighted by Gasteiger charge is -2.43. The molecule has 1 aliphatic heterocycles. The molecule has 188 valence electrons. The van der Waals surface area contributed by atoms with Gasteiger partial charge in [-0.3, -0.25) is 9.80 Å². The van der Waals surface area contributed by atoms with Crippen LogP contribution in [0.5, 0.6) is 0 Å². The van der Waals surface area contributed by atoms with E-state index in [0.717, 1.165) is 50.9 Å². The second kappa shape index (κ2) is 7.41. The van der Waals surface area contributed by atoms with E-state index in [2.05, 4.69) is 19.4 Å². The Kier molecular flexibility index (Phi) is 4.67. The molecular weight excluding hydrogens is 460 g/mol. The number of alkyl halides is 4. The van der Waals surface area contributed by atoms with E-state index in [9.17, 15) is 17.6 Å². The second-order valence-corrected chi connectivity index (χ2v) is 11.1. The molecule has 0 aromatic carbocycles. The summed E-state index contributed by atoms with van der Waals surface area (Å²) in [6.07, 6.45) is 3.37. The molecule has 0 radical (unpaired) electrons. The Morgan fingerprint density at radius 2 is 1.80 bits per heavy atom. The van der Waals surface area contributed by atoms with Gasteiger partial charge < -0.3 is 10.3 Å². The number of aromatic nitrogens is 3. The molecule has 2 aromatic heterocycles. The quantitative estimate of drug-likeness (QED) is 0.625. The van der Waals surface area contributed by atoms with Crippen LogP contribution in [0.1, 0.15) is 43.0 Å². The zero-order chi connectivity index (χ0) is 24.1. The fourth-order valence-electron chi connectivity index (χ4n) is 7.39. The van der Waals surface area contributed by atoms with E-state index < -0.39 is 17.6 Å². The van der Waals surface area contributed by atoms with Crippen molar-refractivity contribution in [2.75, 3.05) is 45.1 Å². The summed E-state index contributed by atoms with van der Waals surface area (Å²) in [6.45, 7) is 4.16. The van der Waals surface area contributed by atoms with Gasteiger partial charge in [0.15, 0.2) is 0 Å². The maximum atomic E-state index is 13.4. The van der Waals surface area contributed by atoms with Crippen LogP contribution in [0.3, 0.4) is 0 Å². The van der Waals surface area contributed by atoms with Crippen LogP contribution in [0.2, 0.25) is 0 Å². The third-order valence-corrected chi connectivity index (χ3v) is 9.36. The van der Waals surface area contributed by atoms with Crippen molar-refractivity contribution < 1.29 is 17.6 Å². The van der Waals surface area contributed by atoms with E-state index in [0.29, 0.717) is 47.5 Å². The van der Waals surface area contributed by atoms with Gasteiger partial charge in [0.2, 0.25) is 0 Å². The highest BCUT2D eigenvalue weighted by Crippen LogP contribution is 2.87. The lowest BCUT2D eigenvalue weighted by molar-refractivity contribution is -0.137. The predicted octanol–water partition coefficient (Wildman–Crippen LogP) is 3.74. The number of hydrogen-bond donors (Lipinski definition) is 1. The Balaban J connectivity index is 1.12. The van der Waals surface area contributed by atoms with Crippen LogP contribution >= 0.6 is 0 Å². The number of pyridine rings is 1. The van der Waals surface area contributed by atoms with Crippen LogP contribution in [0.25, 0.3) is 11.3 Å². The lowest BCUT2D eigenvalue weighted by Crippen LogP contribution is -2.53. The molecule has 1 saturated heterocycles. The molecule has 4 unspecified atom stereocenters. The Morgan fingerprint density at radius 3 is 2.43 bits per heavy atom. The van der Waals surface area contributed by atoms with E-state index in [4.69, 9.17) is 10.7 Å². The van der Waals surface area contributed by atoms with Crippen LogP contribution in [0.15, 0.2) is 18.5 Å². The van der Waals surface area contributed by atoms with Gasteiger partial charge in [0.05, 0.1) is 16.8 Å². The smallest absolute Gasteiger partial charge is 0.383 e. The van der Waals surface area contributed by atoms with Crippen molar-refractivity contribution in [1.82, 2.24) is 24.3 Å². The minimum Gasteiger partial charge on any atom is -0.383 e. The molecule has 2 N–H and O–H groups in total. The van der Waals surface area contributed by atoms with Crippen molar-refractivity contribution >= 4 is 5.82 Å². The van der Waals surface area contributed by atoms with Gasteiger partial charge in [-0.25, -0.2) is 14.4 Å². The summed E-state index contributed by atoms with van der Waals surface area (Å²) in [5.74, 6) is 2.89. The summed E-state index contributed by atoms with van der Waals surface area (Å²) >= 11 is 0. The molecule has 35 heavy (non-hydrogen) atoms. The maximum absolute atomic E-state index is 13.4. The normalized spacial score (nSPS) is 34.6. The van der Waals surface area contributed by atoms with Gasteiger partial charge in [-0.15, -0.1) is 0 Å². The van der Waals surface area contributed by atoms with Crippen LogP contribution in [0.4, 0.5) is 23.4 Å². The largest absolute Gasteiger partial charge is 0.419 e. The third-order valence-electron chi connectivity index (χ3n) is 9.36. The Labute approximate surface area is 201 Å². The minimum absolute atomic E-state index is 0.129. The number of nitrogen functional groups attached to an aromatic ring is 1. The first kappa shape index (κ1) is 22.0. The van der Waals surface area contributed by atoms with E-state index in [-0.39, 0.29) is 12.2 Å². The van der Waals surface area contributed by atoms with Crippen molar-refractivity contribution in [2.24, 2.45) is 17.8 Å². The Bertz CT molecular complexity index is 1140. The maximum Gasteiger partial charge on any atom is 0.419 e. The average Bonchev–Trinajstić information content (AvgIpc) is 3.79. The van der Waals surface area contributed by atoms with Crippen LogP contribution in [0, 0.1) is 17.8 Å². The fourth-order valence-corrected chi connectivity index (χ4v) is 7.39. The highest BCUT2D eigenvalue weighted by atomic mass is 19.4. The molecule has 2 aromatic rings. The van der Waals surface area contributed by atoms with E-state index in [1.54, 1.807) is 0 Å². The molecule has 10 heteroatoms. The Hall–Kier alpha value is -2.20. The molecule has 5 saturated carbocycles. The molecule has 2 bridgehead atoms. The van der Waals surface area contributed by atoms with Crippen molar-refractivity contribution in [3.63, 3.8) is 0 Å².